The summed E-state index contributed by atoms with van der Waals surface area (Å²) in [4.78, 5) is 21.4. The first kappa shape index (κ1) is 22.2. The highest BCUT2D eigenvalue weighted by Gasteiger charge is 2.53. The summed E-state index contributed by atoms with van der Waals surface area (Å²) in [5.74, 6) is -1.42. The van der Waals surface area contributed by atoms with Gasteiger partial charge < -0.3 is 9.80 Å². The fourth-order valence-electron chi connectivity index (χ4n) is 5.65. The van der Waals surface area contributed by atoms with Crippen LogP contribution in [0.25, 0.3) is 16.6 Å². The topological polar surface area (TPSA) is 71.6 Å². The first-order valence-corrected chi connectivity index (χ1v) is 11.5. The van der Waals surface area contributed by atoms with Gasteiger partial charge in [-0.1, -0.05) is 0 Å². The Labute approximate surface area is 196 Å². The smallest absolute Gasteiger partial charge is 0.351 e. The average Bonchev–Trinajstić information content (AvgIpc) is 3.47. The van der Waals surface area contributed by atoms with E-state index in [-0.39, 0.29) is 30.8 Å². The number of anilines is 1. The van der Waals surface area contributed by atoms with Crippen molar-refractivity contribution in [2.75, 3.05) is 18.0 Å². The van der Waals surface area contributed by atoms with E-state index in [0.717, 1.165) is 12.8 Å². The Hall–Kier alpha value is -3.25. The SMILES string of the molecule is O=C(C1CC(C(F)(F)F)C1)N1[C@@H]2CC[C@@H]1CN(c1ncnn3cc(-c4cnn(C(F)F)c4)cc13)C2. The number of piperazine rings is 1. The van der Waals surface area contributed by atoms with Gasteiger partial charge in [-0.2, -0.15) is 32.1 Å². The van der Waals surface area contributed by atoms with Crippen LogP contribution in [0.3, 0.4) is 0 Å². The zero-order valence-electron chi connectivity index (χ0n) is 18.4. The maximum Gasteiger partial charge on any atom is 0.391 e. The molecule has 2 bridgehead atoms. The third-order valence-corrected chi connectivity index (χ3v) is 7.51. The van der Waals surface area contributed by atoms with Crippen LogP contribution in [-0.2, 0) is 4.79 Å². The van der Waals surface area contributed by atoms with Crippen molar-refractivity contribution in [2.24, 2.45) is 11.8 Å². The molecule has 35 heavy (non-hydrogen) atoms. The molecular formula is C22H22F5N7O. The van der Waals surface area contributed by atoms with E-state index in [9.17, 15) is 26.7 Å². The molecule has 1 amide bonds. The summed E-state index contributed by atoms with van der Waals surface area (Å²) in [6.45, 7) is -1.69. The van der Waals surface area contributed by atoms with Gasteiger partial charge in [-0.05, 0) is 31.7 Å². The van der Waals surface area contributed by atoms with Gasteiger partial charge in [-0.15, -0.1) is 0 Å². The fraction of sp³-hybridized carbons (Fsp3) is 0.545. The lowest BCUT2D eigenvalue weighted by Crippen LogP contribution is -2.59. The van der Waals surface area contributed by atoms with Crippen molar-refractivity contribution in [3.63, 3.8) is 0 Å². The summed E-state index contributed by atoms with van der Waals surface area (Å²) in [7, 11) is 0. The third kappa shape index (κ3) is 3.71. The van der Waals surface area contributed by atoms with Crippen LogP contribution < -0.4 is 4.90 Å². The highest BCUT2D eigenvalue weighted by Crippen LogP contribution is 2.47. The molecule has 0 spiro atoms. The molecule has 2 saturated heterocycles. The predicted molar refractivity (Wildman–Crippen MR) is 114 cm³/mol. The van der Waals surface area contributed by atoms with E-state index in [0.29, 0.717) is 40.2 Å². The minimum absolute atomic E-state index is 0.0834. The molecule has 0 N–H and O–H groups in total. The summed E-state index contributed by atoms with van der Waals surface area (Å²) < 4.78 is 66.7. The normalized spacial score (nSPS) is 26.6. The molecule has 8 nitrogen and oxygen atoms in total. The molecule has 0 aromatic carbocycles. The summed E-state index contributed by atoms with van der Waals surface area (Å²) in [5.41, 5.74) is 1.88. The molecule has 1 saturated carbocycles. The number of carbonyl (C=O) groups is 1. The number of halogens is 5. The predicted octanol–water partition coefficient (Wildman–Crippen LogP) is 3.76. The second-order valence-corrected chi connectivity index (χ2v) is 9.57. The molecule has 0 unspecified atom stereocenters. The van der Waals surface area contributed by atoms with Crippen LogP contribution in [0.4, 0.5) is 27.8 Å². The van der Waals surface area contributed by atoms with Gasteiger partial charge in [0.05, 0.1) is 12.1 Å². The number of hydrogen-bond donors (Lipinski definition) is 0. The van der Waals surface area contributed by atoms with Crippen molar-refractivity contribution in [3.05, 3.63) is 31.0 Å². The van der Waals surface area contributed by atoms with Gasteiger partial charge in [0.25, 0.3) is 0 Å². The minimum Gasteiger partial charge on any atom is -0.351 e. The lowest BCUT2D eigenvalue weighted by molar-refractivity contribution is -0.207. The highest BCUT2D eigenvalue weighted by atomic mass is 19.4. The lowest BCUT2D eigenvalue weighted by Gasteiger charge is -2.45. The van der Waals surface area contributed by atoms with Gasteiger partial charge in [0.2, 0.25) is 5.91 Å². The number of alkyl halides is 5. The van der Waals surface area contributed by atoms with E-state index in [1.807, 2.05) is 11.0 Å². The van der Waals surface area contributed by atoms with Crippen molar-refractivity contribution in [2.45, 2.75) is 50.5 Å². The van der Waals surface area contributed by atoms with Gasteiger partial charge in [0.15, 0.2) is 5.82 Å². The number of rotatable bonds is 4. The monoisotopic (exact) mass is 495 g/mol. The summed E-state index contributed by atoms with van der Waals surface area (Å²) in [6, 6.07) is 1.65. The van der Waals surface area contributed by atoms with E-state index in [1.54, 1.807) is 10.7 Å². The quantitative estimate of drug-likeness (QED) is 0.516. The number of fused-ring (bicyclic) bond motifs is 3. The maximum atomic E-state index is 13.0. The summed E-state index contributed by atoms with van der Waals surface area (Å²) in [6.07, 6.45) is 2.87. The molecular weight excluding hydrogens is 473 g/mol. The summed E-state index contributed by atoms with van der Waals surface area (Å²) in [5, 5.41) is 7.92. The Kier molecular flexibility index (Phi) is 5.01. The molecule has 2 aliphatic heterocycles. The maximum absolute atomic E-state index is 13.0. The Morgan fingerprint density at radius 1 is 1.03 bits per heavy atom. The van der Waals surface area contributed by atoms with E-state index >= 15 is 0 Å². The molecule has 3 aromatic rings. The van der Waals surface area contributed by atoms with Crippen molar-refractivity contribution >= 4 is 17.2 Å². The zero-order chi connectivity index (χ0) is 24.5. The van der Waals surface area contributed by atoms with Gasteiger partial charge in [0.1, 0.15) is 11.8 Å². The lowest BCUT2D eigenvalue weighted by atomic mass is 9.73. The molecule has 6 rings (SSSR count). The van der Waals surface area contributed by atoms with Gasteiger partial charge in [-0.25, -0.2) is 14.2 Å². The zero-order valence-corrected chi connectivity index (χ0v) is 18.4. The molecule has 186 valence electrons. The second kappa shape index (κ2) is 7.89. The van der Waals surface area contributed by atoms with Crippen LogP contribution in [0.15, 0.2) is 31.0 Å². The van der Waals surface area contributed by atoms with Gasteiger partial charge >= 0.3 is 12.7 Å². The van der Waals surface area contributed by atoms with Crippen LogP contribution in [0.1, 0.15) is 32.2 Å². The molecule has 3 aliphatic rings. The Bertz CT molecular complexity index is 1250. The highest BCUT2D eigenvalue weighted by molar-refractivity contribution is 5.82. The number of carbonyl (C=O) groups excluding carboxylic acids is 1. The molecule has 13 heteroatoms. The number of hydrogen-bond acceptors (Lipinski definition) is 5. The van der Waals surface area contributed by atoms with Gasteiger partial charge in [-0.3, -0.25) is 4.79 Å². The van der Waals surface area contributed by atoms with Crippen molar-refractivity contribution in [1.82, 2.24) is 29.3 Å². The molecule has 2 atom stereocenters. The van der Waals surface area contributed by atoms with E-state index < -0.39 is 24.6 Å². The van der Waals surface area contributed by atoms with E-state index in [2.05, 4.69) is 20.1 Å². The Morgan fingerprint density at radius 3 is 2.37 bits per heavy atom. The van der Waals surface area contributed by atoms with Crippen LogP contribution in [-0.4, -0.2) is 66.5 Å². The number of amides is 1. The Morgan fingerprint density at radius 2 is 1.74 bits per heavy atom. The van der Waals surface area contributed by atoms with Crippen LogP contribution in [0, 0.1) is 11.8 Å². The van der Waals surface area contributed by atoms with Crippen LogP contribution in [0.5, 0.6) is 0 Å². The number of aromatic nitrogens is 5. The van der Waals surface area contributed by atoms with E-state index in [4.69, 9.17) is 0 Å². The average molecular weight is 495 g/mol. The summed E-state index contributed by atoms with van der Waals surface area (Å²) >= 11 is 0. The first-order chi connectivity index (χ1) is 16.7. The molecule has 3 fully saturated rings. The third-order valence-electron chi connectivity index (χ3n) is 7.51. The standard InChI is InChI=1S/C22H22F5N7O/c23-21(24)33-8-14(6-29-33)13-5-18-19(28-11-30-32(18)7-13)31-9-16-1-2-17(10-31)34(16)20(35)12-3-15(4-12)22(25,26)27/h5-8,11-12,15-17,21H,1-4,9-10H2/t12?,15?,16-,17-/m1/s1. The second-order valence-electron chi connectivity index (χ2n) is 9.57. The molecule has 5 heterocycles. The molecule has 3 aromatic heterocycles. The van der Waals surface area contributed by atoms with E-state index in [1.165, 1.54) is 18.7 Å². The van der Waals surface area contributed by atoms with Crippen LogP contribution >= 0.6 is 0 Å². The first-order valence-electron chi connectivity index (χ1n) is 11.5. The number of nitrogens with zero attached hydrogens (tertiary/aromatic N) is 7. The van der Waals surface area contributed by atoms with Crippen molar-refractivity contribution in [1.29, 1.82) is 0 Å². The largest absolute Gasteiger partial charge is 0.391 e. The minimum atomic E-state index is -4.24. The van der Waals surface area contributed by atoms with Crippen molar-refractivity contribution in [3.8, 4) is 11.1 Å². The fourth-order valence-corrected chi connectivity index (χ4v) is 5.65. The van der Waals surface area contributed by atoms with Crippen LogP contribution in [0.2, 0.25) is 0 Å². The molecule has 1 aliphatic carbocycles. The Balaban J connectivity index is 1.21. The molecule has 0 radical (unpaired) electrons. The van der Waals surface area contributed by atoms with Crippen molar-refractivity contribution < 1.29 is 26.7 Å². The van der Waals surface area contributed by atoms with Gasteiger partial charge in [0, 0.05) is 54.6 Å².